The van der Waals surface area contributed by atoms with Crippen LogP contribution in [0.25, 0.3) is 5.69 Å². The molecule has 0 fully saturated rings. The van der Waals surface area contributed by atoms with Gasteiger partial charge in [-0.3, -0.25) is 0 Å². The molecule has 5 nitrogen and oxygen atoms in total. The number of nitrogens with zero attached hydrogens (tertiary/aromatic N) is 4. The molecule has 0 aliphatic carbocycles. The van der Waals surface area contributed by atoms with Gasteiger partial charge in [0.15, 0.2) is 11.6 Å². The van der Waals surface area contributed by atoms with Gasteiger partial charge in [-0.15, -0.1) is 0 Å². The molecule has 2 aromatic heterocycles. The number of halogens is 2. The van der Waals surface area contributed by atoms with Gasteiger partial charge in [-0.05, 0) is 18.2 Å². The number of benzene rings is 1. The Bertz CT molecular complexity index is 746. The van der Waals surface area contributed by atoms with E-state index in [0.717, 1.165) is 4.68 Å². The van der Waals surface area contributed by atoms with Gasteiger partial charge in [0.2, 0.25) is 0 Å². The van der Waals surface area contributed by atoms with Crippen molar-refractivity contribution in [2.45, 2.75) is 13.2 Å². The second-order valence-electron chi connectivity index (χ2n) is 4.45. The van der Waals surface area contributed by atoms with Gasteiger partial charge in [0.1, 0.15) is 18.1 Å². The number of hydrogen-bond acceptors (Lipinski definition) is 3. The Labute approximate surface area is 119 Å². The van der Waals surface area contributed by atoms with Crippen LogP contribution in [0.15, 0.2) is 42.9 Å². The maximum Gasteiger partial charge on any atom is 0.151 e. The predicted molar refractivity (Wildman–Crippen MR) is 70.7 cm³/mol. The molecule has 0 aliphatic rings. The summed E-state index contributed by atoms with van der Waals surface area (Å²) in [6.45, 7) is 0.175. The summed E-state index contributed by atoms with van der Waals surface area (Å²) < 4.78 is 30.3. The zero-order valence-corrected chi connectivity index (χ0v) is 10.9. The van der Waals surface area contributed by atoms with E-state index >= 15 is 0 Å². The predicted octanol–water partition coefficient (Wildman–Crippen LogP) is 1.89. The highest BCUT2D eigenvalue weighted by Gasteiger charge is 2.12. The highest BCUT2D eigenvalue weighted by Crippen LogP contribution is 2.17. The van der Waals surface area contributed by atoms with Crippen LogP contribution in [0, 0.1) is 11.6 Å². The van der Waals surface area contributed by atoms with Gasteiger partial charge in [0, 0.05) is 18.6 Å². The number of para-hydroxylation sites is 1. The van der Waals surface area contributed by atoms with E-state index in [0.29, 0.717) is 18.1 Å². The monoisotopic (exact) mass is 290 g/mol. The Morgan fingerprint density at radius 1 is 1.10 bits per heavy atom. The summed E-state index contributed by atoms with van der Waals surface area (Å²) in [5, 5.41) is 13.3. The minimum Gasteiger partial charge on any atom is -0.388 e. The first-order chi connectivity index (χ1) is 10.2. The first-order valence-corrected chi connectivity index (χ1v) is 6.29. The third-order valence-electron chi connectivity index (χ3n) is 3.09. The second-order valence-corrected chi connectivity index (χ2v) is 4.45. The van der Waals surface area contributed by atoms with E-state index in [2.05, 4.69) is 10.1 Å². The van der Waals surface area contributed by atoms with Crippen molar-refractivity contribution in [1.82, 2.24) is 19.3 Å². The zero-order chi connectivity index (χ0) is 14.8. The van der Waals surface area contributed by atoms with Gasteiger partial charge in [-0.1, -0.05) is 6.07 Å². The van der Waals surface area contributed by atoms with Gasteiger partial charge in [0.05, 0.1) is 12.2 Å². The molecule has 0 atom stereocenters. The van der Waals surface area contributed by atoms with Crippen LogP contribution in [0.4, 0.5) is 8.78 Å². The average molecular weight is 290 g/mol. The van der Waals surface area contributed by atoms with E-state index in [-0.39, 0.29) is 12.3 Å². The number of aliphatic hydroxyl groups is 1. The van der Waals surface area contributed by atoms with Crippen molar-refractivity contribution in [3.8, 4) is 5.69 Å². The van der Waals surface area contributed by atoms with E-state index in [1.807, 2.05) is 0 Å². The first kappa shape index (κ1) is 13.4. The number of aliphatic hydroxyl groups excluding tert-OH is 1. The van der Waals surface area contributed by atoms with Crippen molar-refractivity contribution in [2.75, 3.05) is 0 Å². The number of imidazole rings is 1. The minimum absolute atomic E-state index is 0.185. The molecule has 7 heteroatoms. The van der Waals surface area contributed by atoms with Crippen LogP contribution in [0.5, 0.6) is 0 Å². The number of hydrogen-bond donors (Lipinski definition) is 1. The van der Waals surface area contributed by atoms with Crippen molar-refractivity contribution in [2.24, 2.45) is 0 Å². The minimum atomic E-state index is -0.677. The highest BCUT2D eigenvalue weighted by atomic mass is 19.1. The second kappa shape index (κ2) is 5.45. The molecular formula is C14H12F2N4O. The molecule has 3 rings (SSSR count). The number of rotatable bonds is 4. The number of aromatic nitrogens is 4. The smallest absolute Gasteiger partial charge is 0.151 e. The largest absolute Gasteiger partial charge is 0.388 e. The first-order valence-electron chi connectivity index (χ1n) is 6.29. The van der Waals surface area contributed by atoms with E-state index in [1.165, 1.54) is 24.4 Å². The molecule has 0 saturated carbocycles. The SMILES string of the molecule is OCc1nccn1Cc1ccn(-c2c(F)cccc2F)n1. The molecule has 21 heavy (non-hydrogen) atoms. The molecule has 0 radical (unpaired) electrons. The molecule has 1 N–H and O–H groups in total. The normalized spacial score (nSPS) is 11.0. The molecule has 0 amide bonds. The Hall–Kier alpha value is -2.54. The highest BCUT2D eigenvalue weighted by molar-refractivity contribution is 5.34. The van der Waals surface area contributed by atoms with Crippen LogP contribution in [0.3, 0.4) is 0 Å². The van der Waals surface area contributed by atoms with Gasteiger partial charge >= 0.3 is 0 Å². The van der Waals surface area contributed by atoms with E-state index in [1.54, 1.807) is 23.0 Å². The Kier molecular flexibility index (Phi) is 3.49. The van der Waals surface area contributed by atoms with Gasteiger partial charge in [-0.25, -0.2) is 18.4 Å². The van der Waals surface area contributed by atoms with Crippen LogP contribution in [-0.4, -0.2) is 24.4 Å². The topological polar surface area (TPSA) is 55.9 Å². The third-order valence-corrected chi connectivity index (χ3v) is 3.09. The van der Waals surface area contributed by atoms with E-state index in [9.17, 15) is 8.78 Å². The lowest BCUT2D eigenvalue weighted by molar-refractivity contribution is 0.266. The average Bonchev–Trinajstić information content (AvgIpc) is 3.08. The van der Waals surface area contributed by atoms with Gasteiger partial charge in [0.25, 0.3) is 0 Å². The standard InChI is InChI=1S/C14H12F2N4O/c15-11-2-1-3-12(16)14(11)20-6-4-10(18-20)8-19-7-5-17-13(19)9-21/h1-7,21H,8-9H2. The Morgan fingerprint density at radius 3 is 2.57 bits per heavy atom. The van der Waals surface area contributed by atoms with Crippen LogP contribution in [0.2, 0.25) is 0 Å². The summed E-state index contributed by atoms with van der Waals surface area (Å²) in [5.74, 6) is -0.853. The van der Waals surface area contributed by atoms with Crippen LogP contribution < -0.4 is 0 Å². The molecule has 3 aromatic rings. The summed E-state index contributed by atoms with van der Waals surface area (Å²) >= 11 is 0. The van der Waals surface area contributed by atoms with E-state index in [4.69, 9.17) is 5.11 Å². The summed E-state index contributed by atoms with van der Waals surface area (Å²) in [6, 6.07) is 5.32. The van der Waals surface area contributed by atoms with Crippen LogP contribution in [-0.2, 0) is 13.2 Å². The van der Waals surface area contributed by atoms with E-state index < -0.39 is 11.6 Å². The fourth-order valence-electron chi connectivity index (χ4n) is 2.09. The lowest BCUT2D eigenvalue weighted by Crippen LogP contribution is -2.07. The molecule has 2 heterocycles. The summed E-state index contributed by atoms with van der Waals surface area (Å²) in [5.41, 5.74) is 0.391. The molecule has 0 unspecified atom stereocenters. The van der Waals surface area contributed by atoms with Crippen LogP contribution in [0.1, 0.15) is 11.5 Å². The molecule has 108 valence electrons. The lowest BCUT2D eigenvalue weighted by atomic mass is 10.3. The summed E-state index contributed by atoms with van der Waals surface area (Å²) in [6.07, 6.45) is 4.76. The molecule has 0 spiro atoms. The van der Waals surface area contributed by atoms with Gasteiger partial charge in [-0.2, -0.15) is 5.10 Å². The molecule has 0 saturated heterocycles. The lowest BCUT2D eigenvalue weighted by Gasteiger charge is -2.05. The quantitative estimate of drug-likeness (QED) is 0.798. The van der Waals surface area contributed by atoms with Crippen molar-refractivity contribution in [3.63, 3.8) is 0 Å². The molecule has 0 aliphatic heterocycles. The third kappa shape index (κ3) is 2.55. The molecular weight excluding hydrogens is 278 g/mol. The summed E-state index contributed by atoms with van der Waals surface area (Å²) in [7, 11) is 0. The van der Waals surface area contributed by atoms with Crippen molar-refractivity contribution in [1.29, 1.82) is 0 Å². The molecule has 1 aromatic carbocycles. The fourth-order valence-corrected chi connectivity index (χ4v) is 2.09. The van der Waals surface area contributed by atoms with Crippen LogP contribution >= 0.6 is 0 Å². The maximum atomic E-state index is 13.7. The molecule has 0 bridgehead atoms. The van der Waals surface area contributed by atoms with Crippen molar-refractivity contribution < 1.29 is 13.9 Å². The fraction of sp³-hybridized carbons (Fsp3) is 0.143. The zero-order valence-electron chi connectivity index (χ0n) is 10.9. The maximum absolute atomic E-state index is 13.7. The summed E-state index contributed by atoms with van der Waals surface area (Å²) in [4.78, 5) is 3.98. The van der Waals surface area contributed by atoms with Crippen molar-refractivity contribution >= 4 is 0 Å². The Balaban J connectivity index is 1.90. The Morgan fingerprint density at radius 2 is 1.86 bits per heavy atom. The van der Waals surface area contributed by atoms with Crippen molar-refractivity contribution in [3.05, 3.63) is 66.0 Å². The van der Waals surface area contributed by atoms with Gasteiger partial charge < -0.3 is 9.67 Å².